The van der Waals surface area contributed by atoms with Gasteiger partial charge in [0.25, 0.3) is 0 Å². The summed E-state index contributed by atoms with van der Waals surface area (Å²) >= 11 is 0. The Bertz CT molecular complexity index is 611. The fraction of sp³-hybridized carbons (Fsp3) is 0.412. The fourth-order valence-electron chi connectivity index (χ4n) is 3.46. The SMILES string of the molecule is Nc1ccc(-c2ccc(N3CCN4CCC3CC4)o2)cc1. The summed E-state index contributed by atoms with van der Waals surface area (Å²) in [5, 5.41) is 0. The Morgan fingerprint density at radius 2 is 1.67 bits per heavy atom. The maximum Gasteiger partial charge on any atom is 0.196 e. The van der Waals surface area contributed by atoms with Gasteiger partial charge < -0.3 is 20.0 Å². The number of hydrogen-bond acceptors (Lipinski definition) is 4. The van der Waals surface area contributed by atoms with Gasteiger partial charge in [-0.3, -0.25) is 0 Å². The molecule has 2 N–H and O–H groups in total. The Hall–Kier alpha value is -1.94. The second-order valence-electron chi connectivity index (χ2n) is 6.03. The highest BCUT2D eigenvalue weighted by Crippen LogP contribution is 2.32. The van der Waals surface area contributed by atoms with Gasteiger partial charge in [0.15, 0.2) is 5.88 Å². The van der Waals surface area contributed by atoms with E-state index in [0.29, 0.717) is 6.04 Å². The molecule has 4 heterocycles. The first-order valence-electron chi connectivity index (χ1n) is 7.74. The van der Waals surface area contributed by atoms with Crippen LogP contribution in [0.4, 0.5) is 11.6 Å². The lowest BCUT2D eigenvalue weighted by molar-refractivity contribution is 0.249. The molecule has 4 heteroatoms. The minimum atomic E-state index is 0.633. The van der Waals surface area contributed by atoms with Gasteiger partial charge in [-0.05, 0) is 43.2 Å². The molecule has 4 nitrogen and oxygen atoms in total. The van der Waals surface area contributed by atoms with E-state index in [9.17, 15) is 0 Å². The maximum atomic E-state index is 6.12. The summed E-state index contributed by atoms with van der Waals surface area (Å²) in [4.78, 5) is 5.01. The Kier molecular flexibility index (Phi) is 3.11. The number of furan rings is 1. The molecule has 0 atom stereocenters. The molecule has 0 radical (unpaired) electrons. The van der Waals surface area contributed by atoms with Gasteiger partial charge in [-0.15, -0.1) is 0 Å². The summed E-state index contributed by atoms with van der Waals surface area (Å²) < 4.78 is 6.12. The Morgan fingerprint density at radius 3 is 2.43 bits per heavy atom. The summed E-state index contributed by atoms with van der Waals surface area (Å²) in [6, 6.07) is 12.7. The molecule has 5 rings (SSSR count). The standard InChI is InChI=1S/C17H21N3O/c18-14-3-1-13(2-4-14)16-5-6-17(21-16)20-12-11-19-9-7-15(20)8-10-19/h1-6,15H,7-12,18H2. The molecule has 110 valence electrons. The maximum absolute atomic E-state index is 6.12. The van der Waals surface area contributed by atoms with Crippen LogP contribution in [0.5, 0.6) is 0 Å². The van der Waals surface area contributed by atoms with Crippen molar-refractivity contribution in [2.45, 2.75) is 18.9 Å². The molecule has 0 aliphatic carbocycles. The highest BCUT2D eigenvalue weighted by molar-refractivity contribution is 5.62. The molecule has 0 saturated carbocycles. The van der Waals surface area contributed by atoms with E-state index in [2.05, 4.69) is 21.9 Å². The third kappa shape index (κ3) is 2.40. The molecular formula is C17H21N3O. The summed E-state index contributed by atoms with van der Waals surface area (Å²) in [6.07, 6.45) is 2.50. The number of nitrogens with two attached hydrogens (primary N) is 1. The molecule has 1 aromatic carbocycles. The smallest absolute Gasteiger partial charge is 0.196 e. The van der Waals surface area contributed by atoms with Crippen LogP contribution < -0.4 is 10.6 Å². The topological polar surface area (TPSA) is 45.6 Å². The lowest BCUT2D eigenvalue weighted by Crippen LogP contribution is -2.37. The predicted molar refractivity (Wildman–Crippen MR) is 85.4 cm³/mol. The van der Waals surface area contributed by atoms with E-state index in [-0.39, 0.29) is 0 Å². The highest BCUT2D eigenvalue weighted by atomic mass is 16.4. The Balaban J connectivity index is 1.60. The minimum absolute atomic E-state index is 0.633. The lowest BCUT2D eigenvalue weighted by atomic mass is 10.1. The molecule has 0 unspecified atom stereocenters. The van der Waals surface area contributed by atoms with Crippen LogP contribution in [0.3, 0.4) is 0 Å². The third-order valence-electron chi connectivity index (χ3n) is 4.73. The highest BCUT2D eigenvalue weighted by Gasteiger charge is 2.30. The quantitative estimate of drug-likeness (QED) is 0.861. The molecule has 3 aliphatic rings. The summed E-state index contributed by atoms with van der Waals surface area (Å²) in [5.74, 6) is 1.93. The second kappa shape index (κ2) is 5.11. The molecule has 21 heavy (non-hydrogen) atoms. The van der Waals surface area contributed by atoms with Crippen molar-refractivity contribution in [3.8, 4) is 11.3 Å². The van der Waals surface area contributed by atoms with Crippen LogP contribution in [-0.2, 0) is 0 Å². The van der Waals surface area contributed by atoms with Crippen molar-refractivity contribution in [3.63, 3.8) is 0 Å². The Labute approximate surface area is 125 Å². The van der Waals surface area contributed by atoms with E-state index in [0.717, 1.165) is 36.0 Å². The van der Waals surface area contributed by atoms with Crippen molar-refractivity contribution in [1.82, 2.24) is 4.90 Å². The zero-order valence-corrected chi connectivity index (χ0v) is 12.2. The van der Waals surface area contributed by atoms with Gasteiger partial charge in [0.05, 0.1) is 0 Å². The first-order chi connectivity index (χ1) is 10.3. The summed E-state index contributed by atoms with van der Waals surface area (Å²) in [7, 11) is 0. The van der Waals surface area contributed by atoms with Gasteiger partial charge >= 0.3 is 0 Å². The molecule has 0 spiro atoms. The number of piperidine rings is 1. The van der Waals surface area contributed by atoms with Crippen LogP contribution in [0.1, 0.15) is 12.8 Å². The molecule has 3 fully saturated rings. The summed E-state index contributed by atoms with van der Waals surface area (Å²) in [5.41, 5.74) is 7.60. The minimum Gasteiger partial charge on any atom is -0.441 e. The average Bonchev–Trinajstić information content (AvgIpc) is 2.81. The van der Waals surface area contributed by atoms with E-state index >= 15 is 0 Å². The first-order valence-corrected chi connectivity index (χ1v) is 7.74. The van der Waals surface area contributed by atoms with Crippen LogP contribution in [0.2, 0.25) is 0 Å². The van der Waals surface area contributed by atoms with E-state index in [1.807, 2.05) is 24.3 Å². The fourth-order valence-corrected chi connectivity index (χ4v) is 3.46. The van der Waals surface area contributed by atoms with Gasteiger partial charge in [-0.25, -0.2) is 0 Å². The predicted octanol–water partition coefficient (Wildman–Crippen LogP) is 2.81. The monoisotopic (exact) mass is 283 g/mol. The molecule has 3 saturated heterocycles. The van der Waals surface area contributed by atoms with Crippen LogP contribution in [0.15, 0.2) is 40.8 Å². The van der Waals surface area contributed by atoms with Crippen molar-refractivity contribution in [2.75, 3.05) is 36.8 Å². The van der Waals surface area contributed by atoms with E-state index in [1.165, 1.54) is 25.9 Å². The molecule has 3 aliphatic heterocycles. The molecule has 2 aromatic rings. The average molecular weight is 283 g/mol. The number of nitrogen functional groups attached to an aromatic ring is 1. The van der Waals surface area contributed by atoms with Crippen molar-refractivity contribution in [1.29, 1.82) is 0 Å². The number of rotatable bonds is 2. The van der Waals surface area contributed by atoms with Crippen molar-refractivity contribution < 1.29 is 4.42 Å². The normalized spacial score (nSPS) is 25.0. The van der Waals surface area contributed by atoms with Crippen molar-refractivity contribution in [2.24, 2.45) is 0 Å². The first kappa shape index (κ1) is 12.8. The second-order valence-corrected chi connectivity index (χ2v) is 6.03. The van der Waals surface area contributed by atoms with E-state index < -0.39 is 0 Å². The van der Waals surface area contributed by atoms with Gasteiger partial charge in [-0.1, -0.05) is 0 Å². The molecule has 0 amide bonds. The van der Waals surface area contributed by atoms with Gasteiger partial charge in [0.2, 0.25) is 0 Å². The Morgan fingerprint density at radius 1 is 0.905 bits per heavy atom. The van der Waals surface area contributed by atoms with Gasteiger partial charge in [-0.2, -0.15) is 0 Å². The zero-order valence-electron chi connectivity index (χ0n) is 12.2. The van der Waals surface area contributed by atoms with Gasteiger partial charge in [0.1, 0.15) is 5.76 Å². The number of anilines is 2. The van der Waals surface area contributed by atoms with Crippen LogP contribution in [0.25, 0.3) is 11.3 Å². The van der Waals surface area contributed by atoms with E-state index in [4.69, 9.17) is 10.2 Å². The molecule has 1 aromatic heterocycles. The molecule has 2 bridgehead atoms. The summed E-state index contributed by atoms with van der Waals surface area (Å²) in [6.45, 7) is 4.67. The zero-order chi connectivity index (χ0) is 14.2. The lowest BCUT2D eigenvalue weighted by Gasteiger charge is -2.31. The van der Waals surface area contributed by atoms with Crippen LogP contribution in [0, 0.1) is 0 Å². The largest absolute Gasteiger partial charge is 0.441 e. The number of fused-ring (bicyclic) bond motifs is 4. The molecular weight excluding hydrogens is 262 g/mol. The van der Waals surface area contributed by atoms with Crippen LogP contribution in [-0.4, -0.2) is 37.1 Å². The van der Waals surface area contributed by atoms with Crippen molar-refractivity contribution >= 4 is 11.6 Å². The number of nitrogens with zero attached hydrogens (tertiary/aromatic N) is 2. The number of hydrogen-bond donors (Lipinski definition) is 1. The van der Waals surface area contributed by atoms with E-state index in [1.54, 1.807) is 0 Å². The number of benzene rings is 1. The third-order valence-corrected chi connectivity index (χ3v) is 4.73. The van der Waals surface area contributed by atoms with Crippen molar-refractivity contribution in [3.05, 3.63) is 36.4 Å². The van der Waals surface area contributed by atoms with Gasteiger partial charge in [0, 0.05) is 49.5 Å². The van der Waals surface area contributed by atoms with Crippen LogP contribution >= 0.6 is 0 Å².